The van der Waals surface area contributed by atoms with Crippen LogP contribution in [0.15, 0.2) is 22.7 Å². The zero-order valence-corrected chi connectivity index (χ0v) is 23.4. The number of unbranched alkanes of at least 4 members (excludes halogenated alkanes) is 1. The van der Waals surface area contributed by atoms with Crippen LogP contribution in [-0.4, -0.2) is 58.9 Å². The Bertz CT molecular complexity index is 1070. The Morgan fingerprint density at radius 2 is 2.03 bits per heavy atom. The summed E-state index contributed by atoms with van der Waals surface area (Å²) in [7, 11) is 5.07. The predicted octanol–water partition coefficient (Wildman–Crippen LogP) is 5.61. The first-order valence-corrected chi connectivity index (χ1v) is 15.5. The summed E-state index contributed by atoms with van der Waals surface area (Å²) in [6, 6.07) is 1.77. The lowest BCUT2D eigenvalue weighted by atomic mass is 9.76. The van der Waals surface area contributed by atoms with E-state index in [-0.39, 0.29) is 64.8 Å². The predicted molar refractivity (Wildman–Crippen MR) is 149 cm³/mol. The maximum atomic E-state index is 13.6. The topological polar surface area (TPSA) is 105 Å². The second kappa shape index (κ2) is 12.6. The number of rotatable bonds is 6. The zero-order valence-electron chi connectivity index (χ0n) is 21.8. The number of carbonyl (C=O) groups is 2. The largest absolute Gasteiger partial charge is 0.504 e. The van der Waals surface area contributed by atoms with Gasteiger partial charge in [0, 0.05) is 60.3 Å². The van der Waals surface area contributed by atoms with Crippen molar-refractivity contribution in [1.29, 1.82) is 0 Å². The maximum absolute atomic E-state index is 13.6. The number of aliphatic imine (C=N–C) groups is 1. The fourth-order valence-corrected chi connectivity index (χ4v) is 9.22. The number of allylic oxidation sites excluding steroid dienone is 1. The van der Waals surface area contributed by atoms with Crippen molar-refractivity contribution < 1.29 is 29.3 Å². The number of phenols is 2. The molecule has 202 valence electrons. The summed E-state index contributed by atoms with van der Waals surface area (Å²) in [5.74, 6) is 0.350. The Morgan fingerprint density at radius 3 is 2.70 bits per heavy atom. The first-order chi connectivity index (χ1) is 17.8. The Balaban J connectivity index is 1.71. The van der Waals surface area contributed by atoms with E-state index in [1.165, 1.54) is 19.6 Å². The fraction of sp³-hybridized carbons (Fsp3) is 0.607. The number of nitrogens with zero attached hydrogens (tertiary/aromatic N) is 1. The number of methoxy groups -OCH3 is 1. The molecule has 0 saturated carbocycles. The lowest BCUT2D eigenvalue weighted by molar-refractivity contribution is -0.151. The van der Waals surface area contributed by atoms with Crippen LogP contribution in [0.25, 0.3) is 0 Å². The van der Waals surface area contributed by atoms with Gasteiger partial charge in [0.2, 0.25) is 5.75 Å². The van der Waals surface area contributed by atoms with Gasteiger partial charge in [-0.25, -0.2) is 0 Å². The standard InChI is InChI=1S/C28H37NO6S2/c1-4-5-6-19-23(17-9-10-29-14-17)15-36-37-26-8-7-20-21(13-25(34-3)28(33)27(20)32)22(26)11-18(31)12-24(19)35-16(2)30/h9,13-14,19,22-24,26,32-33H,4-8,10-12,15H2,1-3H3/t19-,22+,23+,24+,26-/m1/s1. The Kier molecular flexibility index (Phi) is 9.51. The van der Waals surface area contributed by atoms with E-state index >= 15 is 0 Å². The Hall–Kier alpha value is -2.13. The molecule has 1 aliphatic carbocycles. The number of esters is 1. The van der Waals surface area contributed by atoms with E-state index in [9.17, 15) is 19.8 Å². The monoisotopic (exact) mass is 547 g/mol. The number of hydrogen-bond donors (Lipinski definition) is 2. The van der Waals surface area contributed by atoms with Crippen molar-refractivity contribution in [2.24, 2.45) is 16.8 Å². The van der Waals surface area contributed by atoms with Gasteiger partial charge in [0.05, 0.1) is 13.7 Å². The highest BCUT2D eigenvalue weighted by molar-refractivity contribution is 8.76. The molecule has 7 nitrogen and oxygen atoms in total. The number of hydrogen-bond acceptors (Lipinski definition) is 9. The van der Waals surface area contributed by atoms with Crippen LogP contribution >= 0.6 is 21.6 Å². The van der Waals surface area contributed by atoms with Gasteiger partial charge >= 0.3 is 5.97 Å². The summed E-state index contributed by atoms with van der Waals surface area (Å²) in [5.41, 5.74) is 2.72. The van der Waals surface area contributed by atoms with Crippen molar-refractivity contribution >= 4 is 39.6 Å². The number of Topliss-reactive ketones (excluding diaryl/α,β-unsaturated/α-hetero) is 1. The minimum atomic E-state index is -0.496. The third kappa shape index (κ3) is 6.30. The van der Waals surface area contributed by atoms with Crippen molar-refractivity contribution in [2.45, 2.75) is 76.1 Å². The molecule has 0 spiro atoms. The molecular weight excluding hydrogens is 510 g/mol. The Morgan fingerprint density at radius 1 is 1.22 bits per heavy atom. The normalized spacial score (nSPS) is 28.0. The summed E-state index contributed by atoms with van der Waals surface area (Å²) in [5, 5.41) is 21.2. The van der Waals surface area contributed by atoms with Gasteiger partial charge < -0.3 is 19.7 Å². The third-order valence-electron chi connectivity index (χ3n) is 7.74. The maximum Gasteiger partial charge on any atom is 0.302 e. The van der Waals surface area contributed by atoms with Crippen LogP contribution in [0.2, 0.25) is 0 Å². The Labute approximate surface area is 226 Å². The molecule has 1 aromatic carbocycles. The van der Waals surface area contributed by atoms with E-state index in [0.29, 0.717) is 18.5 Å². The number of benzene rings is 1. The van der Waals surface area contributed by atoms with E-state index in [1.54, 1.807) is 16.9 Å². The van der Waals surface area contributed by atoms with Crippen molar-refractivity contribution in [1.82, 2.24) is 0 Å². The van der Waals surface area contributed by atoms with Crippen LogP contribution in [0, 0.1) is 11.8 Å². The van der Waals surface area contributed by atoms with Gasteiger partial charge in [-0.05, 0) is 36.5 Å². The zero-order chi connectivity index (χ0) is 26.5. The third-order valence-corrected chi connectivity index (χ3v) is 10.7. The summed E-state index contributed by atoms with van der Waals surface area (Å²) in [4.78, 5) is 30.2. The molecule has 3 aliphatic rings. The highest BCUT2D eigenvalue weighted by Gasteiger charge is 2.40. The minimum Gasteiger partial charge on any atom is -0.504 e. The molecule has 2 N–H and O–H groups in total. The number of ketones is 1. The van der Waals surface area contributed by atoms with Crippen LogP contribution in [0.3, 0.4) is 0 Å². The molecule has 2 heterocycles. The van der Waals surface area contributed by atoms with Crippen LogP contribution in [-0.2, 0) is 20.7 Å². The number of fused-ring (bicyclic) bond motifs is 3. The second-order valence-electron chi connectivity index (χ2n) is 10.1. The summed E-state index contributed by atoms with van der Waals surface area (Å²) in [6.07, 6.45) is 8.38. The van der Waals surface area contributed by atoms with E-state index in [4.69, 9.17) is 9.47 Å². The molecule has 2 aliphatic heterocycles. The van der Waals surface area contributed by atoms with Gasteiger partial charge in [-0.15, -0.1) is 0 Å². The van der Waals surface area contributed by atoms with E-state index < -0.39 is 6.10 Å². The number of ether oxygens (including phenoxy) is 2. The van der Waals surface area contributed by atoms with Crippen LogP contribution in [0.5, 0.6) is 17.2 Å². The second-order valence-corrected chi connectivity index (χ2v) is 12.8. The van der Waals surface area contributed by atoms with Crippen molar-refractivity contribution in [3.8, 4) is 17.2 Å². The SMILES string of the molecule is CCCC[C@H]1[C@@H](OC(C)=O)CC(=O)C[C@H]2c3cc(OC)c(O)c(O)c3CC[C@H]2SSC[C@H]1C1=CCN=C1. The van der Waals surface area contributed by atoms with Gasteiger partial charge in [0.15, 0.2) is 11.5 Å². The molecule has 5 atom stereocenters. The van der Waals surface area contributed by atoms with Crippen LogP contribution < -0.4 is 4.74 Å². The summed E-state index contributed by atoms with van der Waals surface area (Å²) >= 11 is 0. The molecule has 0 unspecified atom stereocenters. The lowest BCUT2D eigenvalue weighted by Gasteiger charge is -2.33. The van der Waals surface area contributed by atoms with Crippen molar-refractivity contribution in [3.63, 3.8) is 0 Å². The molecular formula is C28H37NO6S2. The molecule has 0 aromatic heterocycles. The number of carbonyl (C=O) groups excluding carboxylic acids is 2. The van der Waals surface area contributed by atoms with Crippen molar-refractivity contribution in [2.75, 3.05) is 19.4 Å². The molecule has 1 aromatic rings. The van der Waals surface area contributed by atoms with Crippen LogP contribution in [0.4, 0.5) is 0 Å². The molecule has 0 amide bonds. The van der Waals surface area contributed by atoms with E-state index in [1.807, 2.05) is 17.0 Å². The molecule has 0 radical (unpaired) electrons. The molecule has 1 saturated heterocycles. The molecule has 1 fully saturated rings. The molecule has 37 heavy (non-hydrogen) atoms. The highest BCUT2D eigenvalue weighted by Crippen LogP contribution is 2.52. The lowest BCUT2D eigenvalue weighted by Crippen LogP contribution is -2.36. The minimum absolute atomic E-state index is 0.0326. The van der Waals surface area contributed by atoms with Gasteiger partial charge in [0.25, 0.3) is 0 Å². The number of aromatic hydroxyl groups is 2. The van der Waals surface area contributed by atoms with Crippen molar-refractivity contribution in [3.05, 3.63) is 28.8 Å². The average molecular weight is 548 g/mol. The molecule has 9 heteroatoms. The van der Waals surface area contributed by atoms with E-state index in [0.717, 1.165) is 37.0 Å². The summed E-state index contributed by atoms with van der Waals surface area (Å²) < 4.78 is 11.2. The van der Waals surface area contributed by atoms with Gasteiger partial charge in [-0.3, -0.25) is 14.6 Å². The van der Waals surface area contributed by atoms with Crippen LogP contribution in [0.1, 0.15) is 69.4 Å². The van der Waals surface area contributed by atoms with Gasteiger partial charge in [0.1, 0.15) is 11.9 Å². The number of phenolic OH excluding ortho intramolecular Hbond substituents is 2. The highest BCUT2D eigenvalue weighted by atomic mass is 33.1. The quantitative estimate of drug-likeness (QED) is 0.269. The van der Waals surface area contributed by atoms with E-state index in [2.05, 4.69) is 18.0 Å². The van der Waals surface area contributed by atoms with Gasteiger partial charge in [-0.2, -0.15) is 0 Å². The molecule has 4 rings (SSSR count). The first kappa shape index (κ1) is 27.9. The average Bonchev–Trinajstić information content (AvgIpc) is 3.39. The van der Waals surface area contributed by atoms with Gasteiger partial charge in [-0.1, -0.05) is 47.4 Å². The summed E-state index contributed by atoms with van der Waals surface area (Å²) in [6.45, 7) is 4.23. The first-order valence-electron chi connectivity index (χ1n) is 13.1. The smallest absolute Gasteiger partial charge is 0.302 e. The molecule has 0 bridgehead atoms. The fourth-order valence-electron chi connectivity index (χ4n) is 5.90.